The van der Waals surface area contributed by atoms with Crippen LogP contribution in [0.25, 0.3) is 0 Å². The third kappa shape index (κ3) is 2.99. The molecule has 76 valence electrons. The Kier molecular flexibility index (Phi) is 2.66. The van der Waals surface area contributed by atoms with E-state index in [0.29, 0.717) is 6.42 Å². The number of amides is 1. The van der Waals surface area contributed by atoms with Crippen LogP contribution in [0.4, 0.5) is 0 Å². The van der Waals surface area contributed by atoms with Gasteiger partial charge in [0.05, 0.1) is 12.0 Å². The Morgan fingerprint density at radius 2 is 2.08 bits per heavy atom. The summed E-state index contributed by atoms with van der Waals surface area (Å²) in [6, 6.07) is 0. The average Bonchev–Trinajstić information content (AvgIpc) is 1.79. The maximum absolute atomic E-state index is 10.8. The molecular formula is C10H19NO2. The van der Waals surface area contributed by atoms with E-state index in [4.69, 9.17) is 10.5 Å². The van der Waals surface area contributed by atoms with E-state index in [2.05, 4.69) is 13.8 Å². The smallest absolute Gasteiger partial charge is 0.220 e. The van der Waals surface area contributed by atoms with Gasteiger partial charge >= 0.3 is 0 Å². The molecule has 0 spiro atoms. The first-order valence-corrected chi connectivity index (χ1v) is 4.75. The maximum Gasteiger partial charge on any atom is 0.220 e. The van der Waals surface area contributed by atoms with Gasteiger partial charge in [-0.15, -0.1) is 0 Å². The molecule has 13 heavy (non-hydrogen) atoms. The Labute approximate surface area is 79.6 Å². The summed E-state index contributed by atoms with van der Waals surface area (Å²) in [6.07, 6.45) is 2.29. The highest BCUT2D eigenvalue weighted by Gasteiger charge is 2.38. The zero-order valence-corrected chi connectivity index (χ0v) is 8.72. The topological polar surface area (TPSA) is 52.3 Å². The monoisotopic (exact) mass is 185 g/mol. The van der Waals surface area contributed by atoms with Crippen molar-refractivity contribution in [2.24, 2.45) is 11.1 Å². The summed E-state index contributed by atoms with van der Waals surface area (Å²) in [5.41, 5.74) is 5.10. The van der Waals surface area contributed by atoms with Gasteiger partial charge in [-0.3, -0.25) is 4.79 Å². The van der Waals surface area contributed by atoms with E-state index < -0.39 is 0 Å². The van der Waals surface area contributed by atoms with E-state index in [9.17, 15) is 4.79 Å². The van der Waals surface area contributed by atoms with Crippen molar-refractivity contribution in [1.29, 1.82) is 0 Å². The molecule has 3 heteroatoms. The summed E-state index contributed by atoms with van der Waals surface area (Å²) < 4.78 is 5.61. The summed E-state index contributed by atoms with van der Waals surface area (Å²) >= 11 is 0. The zero-order valence-electron chi connectivity index (χ0n) is 8.72. The number of hydrogen-bond donors (Lipinski definition) is 1. The molecule has 1 rings (SSSR count). The number of ether oxygens (including phenoxy) is 1. The fourth-order valence-corrected chi connectivity index (χ4v) is 2.21. The molecule has 1 saturated heterocycles. The van der Waals surface area contributed by atoms with Crippen LogP contribution in [0.2, 0.25) is 0 Å². The van der Waals surface area contributed by atoms with Crippen molar-refractivity contribution in [3.63, 3.8) is 0 Å². The predicted molar refractivity (Wildman–Crippen MR) is 51.2 cm³/mol. The van der Waals surface area contributed by atoms with Gasteiger partial charge in [-0.1, -0.05) is 13.8 Å². The van der Waals surface area contributed by atoms with Crippen LogP contribution in [-0.2, 0) is 9.53 Å². The Morgan fingerprint density at radius 3 is 2.54 bits per heavy atom. The Bertz CT molecular complexity index is 213. The molecule has 1 heterocycles. The van der Waals surface area contributed by atoms with Gasteiger partial charge in [-0.25, -0.2) is 0 Å². The molecule has 0 aliphatic carbocycles. The molecule has 0 aromatic rings. The number of rotatable bonds is 2. The molecule has 1 aliphatic rings. The minimum atomic E-state index is -0.340. The summed E-state index contributed by atoms with van der Waals surface area (Å²) in [5.74, 6) is -0.278. The lowest BCUT2D eigenvalue weighted by Crippen LogP contribution is -2.43. The van der Waals surface area contributed by atoms with Crippen LogP contribution in [0, 0.1) is 5.41 Å². The van der Waals surface area contributed by atoms with Crippen molar-refractivity contribution in [3.8, 4) is 0 Å². The van der Waals surface area contributed by atoms with E-state index in [-0.39, 0.29) is 16.9 Å². The molecule has 1 fully saturated rings. The minimum absolute atomic E-state index is 0.266. The van der Waals surface area contributed by atoms with Crippen molar-refractivity contribution >= 4 is 5.91 Å². The molecular weight excluding hydrogens is 166 g/mol. The first kappa shape index (κ1) is 10.5. The molecule has 1 unspecified atom stereocenters. The molecule has 0 radical (unpaired) electrons. The number of nitrogens with two attached hydrogens (primary N) is 1. The highest BCUT2D eigenvalue weighted by atomic mass is 16.5. The van der Waals surface area contributed by atoms with E-state index >= 15 is 0 Å². The molecule has 0 aromatic carbocycles. The predicted octanol–water partition coefficient (Wildman–Crippen LogP) is 1.46. The molecule has 2 N–H and O–H groups in total. The second-order valence-electron chi connectivity index (χ2n) is 5.03. The Balaban J connectivity index is 2.63. The van der Waals surface area contributed by atoms with Gasteiger partial charge < -0.3 is 10.5 Å². The molecule has 0 saturated carbocycles. The SMILES string of the molecule is CC1(C)CCOC(C)(CC(N)=O)C1. The zero-order chi connectivity index (χ0) is 10.1. The van der Waals surface area contributed by atoms with Gasteiger partial charge in [0.1, 0.15) is 0 Å². The summed E-state index contributed by atoms with van der Waals surface area (Å²) in [6.45, 7) is 7.11. The molecule has 1 aliphatic heterocycles. The summed E-state index contributed by atoms with van der Waals surface area (Å²) in [5, 5.41) is 0. The molecule has 0 bridgehead atoms. The van der Waals surface area contributed by atoms with Crippen molar-refractivity contribution in [1.82, 2.24) is 0 Å². The Hall–Kier alpha value is -0.570. The molecule has 3 nitrogen and oxygen atoms in total. The number of carbonyl (C=O) groups is 1. The maximum atomic E-state index is 10.8. The standard InChI is InChI=1S/C10H19NO2/c1-9(2)4-5-13-10(3,7-9)6-8(11)12/h4-7H2,1-3H3,(H2,11,12). The molecule has 1 atom stereocenters. The second kappa shape index (κ2) is 3.29. The second-order valence-corrected chi connectivity index (χ2v) is 5.03. The summed E-state index contributed by atoms with van der Waals surface area (Å²) in [7, 11) is 0. The van der Waals surface area contributed by atoms with Crippen LogP contribution in [-0.4, -0.2) is 18.1 Å². The highest BCUT2D eigenvalue weighted by molar-refractivity contribution is 5.74. The highest BCUT2D eigenvalue weighted by Crippen LogP contribution is 2.39. The minimum Gasteiger partial charge on any atom is -0.375 e. The van der Waals surface area contributed by atoms with Gasteiger partial charge in [0, 0.05) is 6.61 Å². The van der Waals surface area contributed by atoms with Crippen molar-refractivity contribution < 1.29 is 9.53 Å². The lowest BCUT2D eigenvalue weighted by atomic mass is 9.75. The van der Waals surface area contributed by atoms with Crippen molar-refractivity contribution in [3.05, 3.63) is 0 Å². The largest absolute Gasteiger partial charge is 0.375 e. The third-order valence-corrected chi connectivity index (χ3v) is 2.63. The third-order valence-electron chi connectivity index (χ3n) is 2.63. The van der Waals surface area contributed by atoms with Crippen LogP contribution in [0.3, 0.4) is 0 Å². The van der Waals surface area contributed by atoms with Crippen LogP contribution >= 0.6 is 0 Å². The number of primary amides is 1. The van der Waals surface area contributed by atoms with Crippen molar-refractivity contribution in [2.75, 3.05) is 6.61 Å². The van der Waals surface area contributed by atoms with Gasteiger partial charge in [-0.05, 0) is 25.2 Å². The van der Waals surface area contributed by atoms with Gasteiger partial charge in [0.2, 0.25) is 5.91 Å². The van der Waals surface area contributed by atoms with Crippen LogP contribution < -0.4 is 5.73 Å². The molecule has 1 amide bonds. The first-order valence-electron chi connectivity index (χ1n) is 4.75. The fraction of sp³-hybridized carbons (Fsp3) is 0.900. The van der Waals surface area contributed by atoms with E-state index in [0.717, 1.165) is 19.4 Å². The van der Waals surface area contributed by atoms with Gasteiger partial charge in [-0.2, -0.15) is 0 Å². The van der Waals surface area contributed by atoms with E-state index in [1.54, 1.807) is 0 Å². The van der Waals surface area contributed by atoms with E-state index in [1.807, 2.05) is 6.92 Å². The Morgan fingerprint density at radius 1 is 1.46 bits per heavy atom. The average molecular weight is 185 g/mol. The molecule has 0 aromatic heterocycles. The lowest BCUT2D eigenvalue weighted by molar-refractivity contribution is -0.137. The van der Waals surface area contributed by atoms with Crippen LogP contribution in [0.5, 0.6) is 0 Å². The van der Waals surface area contributed by atoms with Crippen LogP contribution in [0.15, 0.2) is 0 Å². The summed E-state index contributed by atoms with van der Waals surface area (Å²) in [4.78, 5) is 10.8. The van der Waals surface area contributed by atoms with Gasteiger partial charge in [0.15, 0.2) is 0 Å². The van der Waals surface area contributed by atoms with Crippen LogP contribution in [0.1, 0.15) is 40.0 Å². The normalized spacial score (nSPS) is 32.8. The quantitative estimate of drug-likeness (QED) is 0.708. The number of hydrogen-bond acceptors (Lipinski definition) is 2. The number of carbonyl (C=O) groups excluding carboxylic acids is 1. The van der Waals surface area contributed by atoms with Crippen molar-refractivity contribution in [2.45, 2.75) is 45.6 Å². The lowest BCUT2D eigenvalue weighted by Gasteiger charge is -2.42. The van der Waals surface area contributed by atoms with E-state index in [1.165, 1.54) is 0 Å². The van der Waals surface area contributed by atoms with Gasteiger partial charge in [0.25, 0.3) is 0 Å². The first-order chi connectivity index (χ1) is 5.83. The fourth-order valence-electron chi connectivity index (χ4n) is 2.21.